The smallest absolute Gasteiger partial charge is 0.119 e. The minimum Gasteiger partial charge on any atom is -0.497 e. The Hall–Kier alpha value is -1.53. The Morgan fingerprint density at radius 2 is 2.05 bits per heavy atom. The molecule has 1 saturated heterocycles. The molecule has 1 fully saturated rings. The lowest BCUT2D eigenvalue weighted by molar-refractivity contribution is 0.170. The maximum absolute atomic E-state index is 9.40. The molecule has 1 heterocycles. The van der Waals surface area contributed by atoms with Crippen LogP contribution in [0.2, 0.25) is 0 Å². The van der Waals surface area contributed by atoms with Gasteiger partial charge in [0.25, 0.3) is 0 Å². The largest absolute Gasteiger partial charge is 0.497 e. The number of methoxy groups -OCH3 is 1. The molecule has 0 radical (unpaired) electrons. The van der Waals surface area contributed by atoms with Gasteiger partial charge in [-0.15, -0.1) is 0 Å². The van der Waals surface area contributed by atoms with E-state index in [9.17, 15) is 5.26 Å². The first-order chi connectivity index (χ1) is 8.95. The van der Waals surface area contributed by atoms with Gasteiger partial charge in [0.05, 0.1) is 19.1 Å². The highest BCUT2D eigenvalue weighted by Gasteiger charge is 2.38. The number of hydrogen-bond acceptors (Lipinski definition) is 3. The average molecular weight is 258 g/mol. The van der Waals surface area contributed by atoms with Crippen LogP contribution in [0, 0.1) is 17.2 Å². The zero-order valence-corrected chi connectivity index (χ0v) is 12.2. The lowest BCUT2D eigenvalue weighted by Gasteiger charge is -2.31. The van der Waals surface area contributed by atoms with E-state index in [0.717, 1.165) is 18.8 Å². The first-order valence-corrected chi connectivity index (χ1v) is 6.74. The molecule has 19 heavy (non-hydrogen) atoms. The Labute approximate surface area is 115 Å². The molecule has 1 aliphatic heterocycles. The Morgan fingerprint density at radius 3 is 2.63 bits per heavy atom. The highest BCUT2D eigenvalue weighted by molar-refractivity contribution is 5.33. The van der Waals surface area contributed by atoms with Crippen molar-refractivity contribution in [3.63, 3.8) is 0 Å². The number of nitrogens with zero attached hydrogens (tertiary/aromatic N) is 2. The van der Waals surface area contributed by atoms with Gasteiger partial charge in [-0.3, -0.25) is 4.90 Å². The van der Waals surface area contributed by atoms with Gasteiger partial charge >= 0.3 is 0 Å². The molecule has 0 amide bonds. The molecule has 3 nitrogen and oxygen atoms in total. The van der Waals surface area contributed by atoms with Gasteiger partial charge in [0.1, 0.15) is 5.75 Å². The van der Waals surface area contributed by atoms with Crippen molar-refractivity contribution in [2.24, 2.45) is 5.92 Å². The number of nitriles is 1. The van der Waals surface area contributed by atoms with Crippen LogP contribution in [-0.2, 0) is 0 Å². The van der Waals surface area contributed by atoms with Crippen molar-refractivity contribution < 1.29 is 4.74 Å². The topological polar surface area (TPSA) is 36.3 Å². The van der Waals surface area contributed by atoms with Crippen LogP contribution in [0.5, 0.6) is 5.75 Å². The Balaban J connectivity index is 2.26. The van der Waals surface area contributed by atoms with E-state index in [2.05, 4.69) is 43.9 Å². The molecule has 102 valence electrons. The Kier molecular flexibility index (Phi) is 3.82. The zero-order valence-electron chi connectivity index (χ0n) is 12.2. The second-order valence-corrected chi connectivity index (χ2v) is 6.19. The van der Waals surface area contributed by atoms with Crippen LogP contribution in [0.3, 0.4) is 0 Å². The van der Waals surface area contributed by atoms with Crippen LogP contribution in [0.15, 0.2) is 24.3 Å². The molecule has 3 heteroatoms. The second kappa shape index (κ2) is 5.22. The predicted molar refractivity (Wildman–Crippen MR) is 76.2 cm³/mol. The molecule has 2 atom stereocenters. The molecule has 0 N–H and O–H groups in total. The van der Waals surface area contributed by atoms with Crippen molar-refractivity contribution in [3.8, 4) is 11.8 Å². The number of benzene rings is 1. The van der Waals surface area contributed by atoms with Gasteiger partial charge in [-0.05, 0) is 38.5 Å². The summed E-state index contributed by atoms with van der Waals surface area (Å²) in [7, 11) is 1.68. The second-order valence-electron chi connectivity index (χ2n) is 6.19. The van der Waals surface area contributed by atoms with Crippen LogP contribution < -0.4 is 4.74 Å². The van der Waals surface area contributed by atoms with Gasteiger partial charge in [0.2, 0.25) is 0 Å². The number of likely N-dealkylation sites (tertiary alicyclic amines) is 1. The van der Waals surface area contributed by atoms with Gasteiger partial charge in [-0.2, -0.15) is 5.26 Å². The molecule has 1 aliphatic rings. The fraction of sp³-hybridized carbons (Fsp3) is 0.562. The van der Waals surface area contributed by atoms with Gasteiger partial charge in [-0.25, -0.2) is 0 Å². The highest BCUT2D eigenvalue weighted by Crippen LogP contribution is 2.36. The van der Waals surface area contributed by atoms with E-state index < -0.39 is 0 Å². The van der Waals surface area contributed by atoms with Crippen molar-refractivity contribution in [2.45, 2.75) is 32.2 Å². The van der Waals surface area contributed by atoms with E-state index in [4.69, 9.17) is 4.74 Å². The molecule has 0 aromatic heterocycles. The standard InChI is InChI=1S/C16H22N2O/c1-16(2,3)18-10-13(9-17)15(11-18)12-6-5-7-14(8-12)19-4/h5-8,13,15H,10-11H2,1-4H3/t13-,15+/m1/s1. The van der Waals surface area contributed by atoms with Gasteiger partial charge < -0.3 is 4.74 Å². The van der Waals surface area contributed by atoms with Crippen LogP contribution in [-0.4, -0.2) is 30.6 Å². The van der Waals surface area contributed by atoms with Crippen LogP contribution >= 0.6 is 0 Å². The summed E-state index contributed by atoms with van der Waals surface area (Å²) in [6, 6.07) is 10.6. The molecular weight excluding hydrogens is 236 g/mol. The minimum absolute atomic E-state index is 0.0614. The lowest BCUT2D eigenvalue weighted by atomic mass is 9.90. The SMILES string of the molecule is COc1cccc([C@@H]2CN(C(C)(C)C)C[C@H]2C#N)c1. The molecule has 1 aromatic rings. The zero-order chi connectivity index (χ0) is 14.0. The molecule has 0 bridgehead atoms. The Morgan fingerprint density at radius 1 is 1.32 bits per heavy atom. The normalized spacial score (nSPS) is 24.2. The molecule has 0 saturated carbocycles. The van der Waals surface area contributed by atoms with Crippen LogP contribution in [0.1, 0.15) is 32.3 Å². The summed E-state index contributed by atoms with van der Waals surface area (Å²) in [6.07, 6.45) is 0. The number of ether oxygens (including phenoxy) is 1. The summed E-state index contributed by atoms with van der Waals surface area (Å²) in [6.45, 7) is 8.40. The van der Waals surface area contributed by atoms with Crippen LogP contribution in [0.4, 0.5) is 0 Å². The molecule has 1 aromatic carbocycles. The van der Waals surface area contributed by atoms with Crippen molar-refractivity contribution >= 4 is 0 Å². The van der Waals surface area contributed by atoms with Crippen molar-refractivity contribution in [1.29, 1.82) is 5.26 Å². The molecular formula is C16H22N2O. The summed E-state index contributed by atoms with van der Waals surface area (Å²) in [5.74, 6) is 1.20. The number of rotatable bonds is 2. The molecule has 2 rings (SSSR count). The minimum atomic E-state index is 0.0614. The van der Waals surface area contributed by atoms with E-state index in [0.29, 0.717) is 0 Å². The summed E-state index contributed by atoms with van der Waals surface area (Å²) in [5, 5.41) is 9.40. The first-order valence-electron chi connectivity index (χ1n) is 6.74. The highest BCUT2D eigenvalue weighted by atomic mass is 16.5. The number of hydrogen-bond donors (Lipinski definition) is 0. The third kappa shape index (κ3) is 2.90. The summed E-state index contributed by atoms with van der Waals surface area (Å²) in [5.41, 5.74) is 1.32. The molecule has 0 spiro atoms. The maximum Gasteiger partial charge on any atom is 0.119 e. The van der Waals surface area contributed by atoms with E-state index >= 15 is 0 Å². The van der Waals surface area contributed by atoms with Crippen molar-refractivity contribution in [2.75, 3.05) is 20.2 Å². The van der Waals surface area contributed by atoms with Gasteiger partial charge in [-0.1, -0.05) is 12.1 Å². The van der Waals surface area contributed by atoms with Gasteiger partial charge in [0, 0.05) is 24.5 Å². The monoisotopic (exact) mass is 258 g/mol. The quantitative estimate of drug-likeness (QED) is 0.818. The Bertz CT molecular complexity index is 484. The summed E-state index contributed by atoms with van der Waals surface area (Å²) in [4.78, 5) is 2.39. The predicted octanol–water partition coefficient (Wildman–Crippen LogP) is 3.03. The van der Waals surface area contributed by atoms with Gasteiger partial charge in [0.15, 0.2) is 0 Å². The first kappa shape index (κ1) is 13.9. The summed E-state index contributed by atoms with van der Waals surface area (Å²) < 4.78 is 5.28. The lowest BCUT2D eigenvalue weighted by Crippen LogP contribution is -2.39. The summed E-state index contributed by atoms with van der Waals surface area (Å²) >= 11 is 0. The van der Waals surface area contributed by atoms with Crippen LogP contribution in [0.25, 0.3) is 0 Å². The van der Waals surface area contributed by atoms with E-state index in [1.165, 1.54) is 5.56 Å². The fourth-order valence-corrected chi connectivity index (χ4v) is 2.69. The van der Waals surface area contributed by atoms with E-state index in [1.807, 2.05) is 12.1 Å². The molecule has 0 unspecified atom stereocenters. The maximum atomic E-state index is 9.40. The fourth-order valence-electron chi connectivity index (χ4n) is 2.69. The molecule has 0 aliphatic carbocycles. The van der Waals surface area contributed by atoms with E-state index in [1.54, 1.807) is 7.11 Å². The third-order valence-corrected chi connectivity index (χ3v) is 3.96. The third-order valence-electron chi connectivity index (χ3n) is 3.96. The van der Waals surface area contributed by atoms with Crippen molar-refractivity contribution in [3.05, 3.63) is 29.8 Å². The average Bonchev–Trinajstić information content (AvgIpc) is 2.83. The van der Waals surface area contributed by atoms with Crippen molar-refractivity contribution in [1.82, 2.24) is 4.90 Å². The van der Waals surface area contributed by atoms with E-state index in [-0.39, 0.29) is 17.4 Å².